The molecule has 1 atom stereocenters. The van der Waals surface area contributed by atoms with E-state index in [2.05, 4.69) is 20.8 Å². The summed E-state index contributed by atoms with van der Waals surface area (Å²) in [5, 5.41) is 14.8. The summed E-state index contributed by atoms with van der Waals surface area (Å²) in [4.78, 5) is 0. The van der Waals surface area contributed by atoms with Crippen LogP contribution in [0.1, 0.15) is 24.0 Å². The zero-order chi connectivity index (χ0) is 20.3. The molecule has 29 heavy (non-hydrogen) atoms. The molecule has 1 fully saturated rings. The van der Waals surface area contributed by atoms with Crippen LogP contribution in [0.25, 0.3) is 11.3 Å². The maximum Gasteiger partial charge on any atom is 0.416 e. The molecule has 1 unspecified atom stereocenters. The normalized spacial score (nSPS) is 16.9. The van der Waals surface area contributed by atoms with E-state index in [1.807, 2.05) is 4.72 Å². The first-order valence-electron chi connectivity index (χ1n) is 8.63. The number of aryl methyl sites for hydroxylation is 1. The van der Waals surface area contributed by atoms with Gasteiger partial charge in [0.1, 0.15) is 5.82 Å². The first-order chi connectivity index (χ1) is 13.2. The number of benzene rings is 1. The zero-order valence-electron chi connectivity index (χ0n) is 15.3. The third-order valence-corrected chi connectivity index (χ3v) is 4.82. The van der Waals surface area contributed by atoms with Crippen molar-refractivity contribution < 1.29 is 42.0 Å². The maximum atomic E-state index is 13.0. The fourth-order valence-electron chi connectivity index (χ4n) is 3.11. The van der Waals surface area contributed by atoms with Crippen LogP contribution >= 0.6 is 0 Å². The largest absolute Gasteiger partial charge is 0.419 e. The second kappa shape index (κ2) is 9.84. The van der Waals surface area contributed by atoms with Gasteiger partial charge in [-0.25, -0.2) is 0 Å². The molecular weight excluding hydrogens is 581 g/mol. The average molecular weight is 601 g/mol. The predicted molar refractivity (Wildman–Crippen MR) is 99.1 cm³/mol. The molecule has 12 heteroatoms. The van der Waals surface area contributed by atoms with Crippen molar-refractivity contribution >= 4 is 22.4 Å². The van der Waals surface area contributed by atoms with Crippen LogP contribution in [0.15, 0.2) is 24.3 Å². The molecule has 0 bridgehead atoms. The third-order valence-electron chi connectivity index (χ3n) is 4.43. The fourth-order valence-corrected chi connectivity index (χ4v) is 3.46. The van der Waals surface area contributed by atoms with E-state index in [1.54, 1.807) is 13.0 Å². The summed E-state index contributed by atoms with van der Waals surface area (Å²) in [5.74, 6) is 0.559. The van der Waals surface area contributed by atoms with Crippen molar-refractivity contribution in [3.8, 4) is 11.3 Å². The standard InChI is InChI=1S/C17H19F3N5O2S.Re/c1-10-7-15(22-12-3-2-6-21-9-12)23-24-16(10)13-5-4-11(17(18,19)20)8-14(13)25-28(26)27;/h4-5,7-8,12,21H,2-3,6,9H2,1H3,(H,22,23)(H,25,26,27);/q-1;. The smallest absolute Gasteiger partial charge is 0.416 e. The van der Waals surface area contributed by atoms with E-state index < -0.39 is 22.6 Å². The summed E-state index contributed by atoms with van der Waals surface area (Å²) in [6.45, 7) is 3.53. The molecule has 159 valence electrons. The Balaban J connectivity index is 0.00000300. The van der Waals surface area contributed by atoms with Gasteiger partial charge in [-0.15, -0.1) is 10.2 Å². The summed E-state index contributed by atoms with van der Waals surface area (Å²) >= 11 is 0. The molecule has 1 aromatic heterocycles. The quantitative estimate of drug-likeness (QED) is 0.457. The van der Waals surface area contributed by atoms with Gasteiger partial charge in [-0.1, -0.05) is 6.07 Å². The number of piperidine rings is 1. The minimum Gasteiger partial charge on any atom is -0.419 e. The minimum absolute atomic E-state index is 0. The number of hydrogen-bond donors (Lipinski definition) is 3. The summed E-state index contributed by atoms with van der Waals surface area (Å²) in [7, 11) is -2.79. The summed E-state index contributed by atoms with van der Waals surface area (Å²) in [5.41, 5.74) is -0.00141. The Hall–Kier alpha value is -1.74. The topological polar surface area (TPSA) is 96.0 Å². The van der Waals surface area contributed by atoms with Crippen LogP contribution in [0.5, 0.6) is 0 Å². The van der Waals surface area contributed by atoms with Gasteiger partial charge in [0.25, 0.3) is 0 Å². The molecule has 2 heterocycles. The van der Waals surface area contributed by atoms with Crippen molar-refractivity contribution in [1.29, 1.82) is 0 Å². The van der Waals surface area contributed by atoms with Crippen molar-refractivity contribution in [2.75, 3.05) is 23.1 Å². The number of nitrogens with zero attached hydrogens (tertiary/aromatic N) is 2. The number of hydrogen-bond acceptors (Lipinski definition) is 7. The van der Waals surface area contributed by atoms with E-state index in [4.69, 9.17) is 0 Å². The summed E-state index contributed by atoms with van der Waals surface area (Å²) < 4.78 is 63.0. The molecule has 2 aromatic rings. The van der Waals surface area contributed by atoms with Crippen LogP contribution in [0.2, 0.25) is 0 Å². The monoisotopic (exact) mass is 601 g/mol. The molecular formula is C17H19F3N5O2ReS-. The Kier molecular flexibility index (Phi) is 7.99. The molecule has 0 spiro atoms. The first kappa shape index (κ1) is 23.5. The molecule has 1 aromatic carbocycles. The van der Waals surface area contributed by atoms with Crippen LogP contribution in [-0.4, -0.2) is 29.3 Å². The predicted octanol–water partition coefficient (Wildman–Crippen LogP) is 3.27. The first-order valence-corrected chi connectivity index (χ1v) is 9.70. The second-order valence-corrected chi connectivity index (χ2v) is 7.22. The Bertz CT molecular complexity index is 926. The number of aromatic nitrogens is 2. The summed E-state index contributed by atoms with van der Waals surface area (Å²) in [6.07, 6.45) is -2.55. The zero-order valence-corrected chi connectivity index (χ0v) is 18.9. The molecule has 3 N–H and O–H groups in total. The van der Waals surface area contributed by atoms with Crippen molar-refractivity contribution in [3.05, 3.63) is 35.4 Å². The van der Waals surface area contributed by atoms with Crippen LogP contribution in [0, 0.1) is 6.92 Å². The van der Waals surface area contributed by atoms with Gasteiger partial charge in [-0.3, -0.25) is 0 Å². The van der Waals surface area contributed by atoms with Crippen LogP contribution < -0.4 is 15.4 Å². The van der Waals surface area contributed by atoms with Gasteiger partial charge in [-0.05, 0) is 50.1 Å². The van der Waals surface area contributed by atoms with E-state index in [0.717, 1.165) is 38.1 Å². The molecule has 1 saturated heterocycles. The fraction of sp³-hybridized carbons (Fsp3) is 0.412. The Labute approximate surface area is 181 Å². The van der Waals surface area contributed by atoms with Crippen molar-refractivity contribution in [3.63, 3.8) is 0 Å². The van der Waals surface area contributed by atoms with Gasteiger partial charge >= 0.3 is 6.18 Å². The molecule has 7 nitrogen and oxygen atoms in total. The second-order valence-electron chi connectivity index (χ2n) is 6.54. The van der Waals surface area contributed by atoms with Gasteiger partial charge in [0.2, 0.25) is 0 Å². The SMILES string of the molecule is Cc1cc(NC2CCCNC2)nnc1-c1ccc(C(F)(F)F)cc1N[S-](=O)=O.[Re]. The number of alkyl halides is 3. The Morgan fingerprint density at radius 2 is 1.97 bits per heavy atom. The minimum atomic E-state index is -4.60. The maximum absolute atomic E-state index is 13.0. The van der Waals surface area contributed by atoms with Crippen LogP contribution in [-0.2, 0) is 45.9 Å². The molecule has 0 aliphatic carbocycles. The van der Waals surface area contributed by atoms with E-state index in [1.165, 1.54) is 6.07 Å². The van der Waals surface area contributed by atoms with E-state index in [-0.39, 0.29) is 37.7 Å². The molecule has 1 aliphatic heterocycles. The van der Waals surface area contributed by atoms with E-state index >= 15 is 0 Å². The van der Waals surface area contributed by atoms with E-state index in [9.17, 15) is 21.6 Å². The number of nitrogens with one attached hydrogen (secondary N) is 3. The number of rotatable bonds is 5. The van der Waals surface area contributed by atoms with Gasteiger partial charge in [0.15, 0.2) is 0 Å². The van der Waals surface area contributed by atoms with Gasteiger partial charge < -0.3 is 23.8 Å². The Morgan fingerprint density at radius 3 is 2.55 bits per heavy atom. The van der Waals surface area contributed by atoms with Gasteiger partial charge in [0.05, 0.1) is 11.3 Å². The van der Waals surface area contributed by atoms with Crippen molar-refractivity contribution in [2.24, 2.45) is 0 Å². The molecule has 0 amide bonds. The number of anilines is 2. The average Bonchev–Trinajstić information content (AvgIpc) is 2.62. The van der Waals surface area contributed by atoms with Crippen molar-refractivity contribution in [2.45, 2.75) is 32.0 Å². The number of halogens is 3. The molecule has 1 radical (unpaired) electrons. The van der Waals surface area contributed by atoms with Gasteiger partial charge in [0, 0.05) is 55.2 Å². The van der Waals surface area contributed by atoms with E-state index in [0.29, 0.717) is 17.1 Å². The van der Waals surface area contributed by atoms with Gasteiger partial charge in [-0.2, -0.15) is 13.2 Å². The van der Waals surface area contributed by atoms with Crippen molar-refractivity contribution in [1.82, 2.24) is 15.5 Å². The van der Waals surface area contributed by atoms with Crippen LogP contribution in [0.3, 0.4) is 0 Å². The van der Waals surface area contributed by atoms with Crippen LogP contribution in [0.4, 0.5) is 24.7 Å². The summed E-state index contributed by atoms with van der Waals surface area (Å²) in [6, 6.07) is 4.78. The molecule has 3 rings (SSSR count). The Morgan fingerprint density at radius 1 is 1.21 bits per heavy atom. The molecule has 1 aliphatic rings. The third kappa shape index (κ3) is 6.12. The molecule has 0 saturated carbocycles.